The van der Waals surface area contributed by atoms with Crippen LogP contribution in [0, 0.1) is 25.7 Å². The molecule has 0 aliphatic carbocycles. The van der Waals surface area contributed by atoms with E-state index >= 15 is 0 Å². The van der Waals surface area contributed by atoms with Gasteiger partial charge in [-0.05, 0) is 33.1 Å². The number of amides is 1. The van der Waals surface area contributed by atoms with E-state index in [-0.39, 0.29) is 23.8 Å². The van der Waals surface area contributed by atoms with Gasteiger partial charge in [-0.1, -0.05) is 5.16 Å². The van der Waals surface area contributed by atoms with Gasteiger partial charge < -0.3 is 9.26 Å². The normalized spacial score (nSPS) is 30.5. The zero-order valence-corrected chi connectivity index (χ0v) is 15.1. The van der Waals surface area contributed by atoms with Gasteiger partial charge in [0.15, 0.2) is 0 Å². The number of piperidine rings is 1. The molecule has 0 bridgehead atoms. The standard InChI is InChI=1S/C18H27N3O4/c1-12-15(13(2)25-19-12)10-20-7-4-17-16(11-20)14(5-9-23-17)18(22)21-6-3-8-24-21/h14,16-17H,3-11H2,1-2H3/t14-,16-,17-/m0/s1. The molecular formula is C18H27N3O4. The van der Waals surface area contributed by atoms with E-state index in [1.54, 1.807) is 5.06 Å². The lowest BCUT2D eigenvalue weighted by molar-refractivity contribution is -0.185. The third-order valence-electron chi connectivity index (χ3n) is 5.83. The lowest BCUT2D eigenvalue weighted by atomic mass is 9.78. The zero-order chi connectivity index (χ0) is 17.4. The van der Waals surface area contributed by atoms with E-state index in [2.05, 4.69) is 10.1 Å². The van der Waals surface area contributed by atoms with Crippen LogP contribution in [-0.4, -0.2) is 60.0 Å². The van der Waals surface area contributed by atoms with E-state index in [0.717, 1.165) is 56.9 Å². The topological polar surface area (TPSA) is 68.0 Å². The molecule has 1 amide bonds. The van der Waals surface area contributed by atoms with Crippen molar-refractivity contribution in [2.45, 2.75) is 45.8 Å². The predicted octanol–water partition coefficient (Wildman–Crippen LogP) is 1.68. The Labute approximate surface area is 148 Å². The maximum atomic E-state index is 12.9. The summed E-state index contributed by atoms with van der Waals surface area (Å²) in [4.78, 5) is 20.8. The van der Waals surface area contributed by atoms with Crippen LogP contribution in [0.5, 0.6) is 0 Å². The van der Waals surface area contributed by atoms with Crippen LogP contribution in [0.2, 0.25) is 0 Å². The van der Waals surface area contributed by atoms with Crippen LogP contribution in [0.15, 0.2) is 4.52 Å². The Hall–Kier alpha value is -1.44. The van der Waals surface area contributed by atoms with Crippen molar-refractivity contribution in [1.82, 2.24) is 15.1 Å². The molecule has 25 heavy (non-hydrogen) atoms. The molecule has 0 unspecified atom stereocenters. The van der Waals surface area contributed by atoms with E-state index in [9.17, 15) is 4.79 Å². The van der Waals surface area contributed by atoms with E-state index in [0.29, 0.717) is 13.2 Å². The van der Waals surface area contributed by atoms with Gasteiger partial charge in [0.2, 0.25) is 5.91 Å². The van der Waals surface area contributed by atoms with Crippen molar-refractivity contribution in [2.75, 3.05) is 32.8 Å². The minimum absolute atomic E-state index is 0.00400. The first-order chi connectivity index (χ1) is 12.1. The maximum absolute atomic E-state index is 12.9. The number of nitrogens with zero attached hydrogens (tertiary/aromatic N) is 3. The molecule has 3 atom stereocenters. The number of carbonyl (C=O) groups is 1. The molecule has 138 valence electrons. The van der Waals surface area contributed by atoms with Crippen molar-refractivity contribution < 1.29 is 18.9 Å². The molecule has 0 N–H and O–H groups in total. The monoisotopic (exact) mass is 349 g/mol. The van der Waals surface area contributed by atoms with Gasteiger partial charge in [0.05, 0.1) is 24.9 Å². The smallest absolute Gasteiger partial charge is 0.249 e. The second kappa shape index (κ2) is 7.05. The quantitative estimate of drug-likeness (QED) is 0.827. The molecule has 1 aromatic rings. The van der Waals surface area contributed by atoms with Crippen molar-refractivity contribution in [3.05, 3.63) is 17.0 Å². The number of hydroxylamine groups is 2. The van der Waals surface area contributed by atoms with Crippen molar-refractivity contribution in [3.8, 4) is 0 Å². The second-order valence-corrected chi connectivity index (χ2v) is 7.42. The highest BCUT2D eigenvalue weighted by molar-refractivity contribution is 5.78. The summed E-state index contributed by atoms with van der Waals surface area (Å²) in [6, 6.07) is 0. The fraction of sp³-hybridized carbons (Fsp3) is 0.778. The molecule has 3 fully saturated rings. The minimum atomic E-state index is 0.00400. The van der Waals surface area contributed by atoms with Crippen molar-refractivity contribution >= 4 is 5.91 Å². The van der Waals surface area contributed by atoms with Crippen LogP contribution in [0.25, 0.3) is 0 Å². The number of aryl methyl sites for hydroxylation is 2. The van der Waals surface area contributed by atoms with Gasteiger partial charge in [-0.2, -0.15) is 0 Å². The SMILES string of the molecule is Cc1noc(C)c1CN1CC[C@@H]2OCC[C@H](C(=O)N3CCCO3)[C@@H]2C1. The summed E-state index contributed by atoms with van der Waals surface area (Å²) in [5.74, 6) is 1.27. The molecule has 1 aromatic heterocycles. The molecule has 3 saturated heterocycles. The molecule has 0 aromatic carbocycles. The van der Waals surface area contributed by atoms with Crippen LogP contribution < -0.4 is 0 Å². The number of ether oxygens (including phenoxy) is 1. The summed E-state index contributed by atoms with van der Waals surface area (Å²) in [6.07, 6.45) is 2.88. The largest absolute Gasteiger partial charge is 0.378 e. The lowest BCUT2D eigenvalue weighted by Gasteiger charge is -2.45. The molecule has 7 nitrogen and oxygen atoms in total. The Balaban J connectivity index is 1.46. The number of aromatic nitrogens is 1. The summed E-state index contributed by atoms with van der Waals surface area (Å²) in [6.45, 7) is 8.67. The summed E-state index contributed by atoms with van der Waals surface area (Å²) >= 11 is 0. The first kappa shape index (κ1) is 17.0. The average Bonchev–Trinajstić information content (AvgIpc) is 3.26. The van der Waals surface area contributed by atoms with Crippen LogP contribution in [0.4, 0.5) is 0 Å². The Morgan fingerprint density at radius 2 is 2.12 bits per heavy atom. The van der Waals surface area contributed by atoms with E-state index in [1.165, 1.54) is 5.56 Å². The molecule has 4 heterocycles. The van der Waals surface area contributed by atoms with Gasteiger partial charge in [0, 0.05) is 43.6 Å². The Morgan fingerprint density at radius 1 is 1.24 bits per heavy atom. The zero-order valence-electron chi connectivity index (χ0n) is 15.1. The fourth-order valence-electron chi connectivity index (χ4n) is 4.39. The summed E-state index contributed by atoms with van der Waals surface area (Å²) in [5.41, 5.74) is 2.12. The first-order valence-electron chi connectivity index (χ1n) is 9.33. The number of likely N-dealkylation sites (tertiary alicyclic amines) is 1. The highest BCUT2D eigenvalue weighted by Gasteiger charge is 2.43. The highest BCUT2D eigenvalue weighted by atomic mass is 16.7. The third-order valence-corrected chi connectivity index (χ3v) is 5.83. The number of hydrogen-bond acceptors (Lipinski definition) is 6. The molecule has 4 rings (SSSR count). The Morgan fingerprint density at radius 3 is 2.84 bits per heavy atom. The molecule has 3 aliphatic rings. The van der Waals surface area contributed by atoms with Gasteiger partial charge in [-0.3, -0.25) is 14.5 Å². The summed E-state index contributed by atoms with van der Waals surface area (Å²) in [7, 11) is 0. The Kier molecular flexibility index (Phi) is 4.80. The summed E-state index contributed by atoms with van der Waals surface area (Å²) in [5, 5.41) is 5.64. The van der Waals surface area contributed by atoms with E-state index < -0.39 is 0 Å². The first-order valence-corrected chi connectivity index (χ1v) is 9.33. The lowest BCUT2D eigenvalue weighted by Crippen LogP contribution is -2.53. The second-order valence-electron chi connectivity index (χ2n) is 7.42. The highest BCUT2D eigenvalue weighted by Crippen LogP contribution is 2.35. The van der Waals surface area contributed by atoms with Crippen LogP contribution >= 0.6 is 0 Å². The van der Waals surface area contributed by atoms with E-state index in [1.807, 2.05) is 13.8 Å². The van der Waals surface area contributed by atoms with Crippen molar-refractivity contribution in [3.63, 3.8) is 0 Å². The molecular weight excluding hydrogens is 322 g/mol. The van der Waals surface area contributed by atoms with Gasteiger partial charge in [0.1, 0.15) is 5.76 Å². The van der Waals surface area contributed by atoms with Gasteiger partial charge in [0.25, 0.3) is 0 Å². The molecule has 7 heteroatoms. The minimum Gasteiger partial charge on any atom is -0.378 e. The van der Waals surface area contributed by atoms with Crippen molar-refractivity contribution in [2.24, 2.45) is 11.8 Å². The number of rotatable bonds is 3. The number of fused-ring (bicyclic) bond motifs is 1. The molecule has 0 saturated carbocycles. The van der Waals surface area contributed by atoms with Gasteiger partial charge in [-0.25, -0.2) is 5.06 Å². The van der Waals surface area contributed by atoms with E-state index in [4.69, 9.17) is 14.1 Å². The van der Waals surface area contributed by atoms with Crippen LogP contribution in [0.1, 0.15) is 36.3 Å². The number of hydrogen-bond donors (Lipinski definition) is 0. The summed E-state index contributed by atoms with van der Waals surface area (Å²) < 4.78 is 11.3. The third kappa shape index (κ3) is 3.32. The maximum Gasteiger partial charge on any atom is 0.249 e. The average molecular weight is 349 g/mol. The molecule has 0 radical (unpaired) electrons. The Bertz CT molecular complexity index is 606. The van der Waals surface area contributed by atoms with Gasteiger partial charge >= 0.3 is 0 Å². The predicted molar refractivity (Wildman–Crippen MR) is 89.5 cm³/mol. The van der Waals surface area contributed by atoms with Crippen LogP contribution in [-0.2, 0) is 20.9 Å². The van der Waals surface area contributed by atoms with Crippen LogP contribution in [0.3, 0.4) is 0 Å². The fourth-order valence-corrected chi connectivity index (χ4v) is 4.39. The number of carbonyl (C=O) groups excluding carboxylic acids is 1. The van der Waals surface area contributed by atoms with Crippen molar-refractivity contribution in [1.29, 1.82) is 0 Å². The molecule has 3 aliphatic heterocycles. The van der Waals surface area contributed by atoms with Gasteiger partial charge in [-0.15, -0.1) is 0 Å². The molecule has 0 spiro atoms.